The molecule has 1 fully saturated rings. The van der Waals surface area contributed by atoms with Crippen molar-refractivity contribution in [2.24, 2.45) is 5.92 Å². The molecule has 64 valence electrons. The second-order valence-electron chi connectivity index (χ2n) is 2.94. The smallest absolute Gasteiger partial charge is 0.225 e. The summed E-state index contributed by atoms with van der Waals surface area (Å²) in [6.07, 6.45) is 3.21. The highest BCUT2D eigenvalue weighted by Crippen LogP contribution is 2.11. The molecule has 1 unspecified atom stereocenters. The number of carbonyl (C=O) groups is 1. The third-order valence-electron chi connectivity index (χ3n) is 2.02. The number of hydrogen-bond acceptors (Lipinski definition) is 2. The van der Waals surface area contributed by atoms with Gasteiger partial charge in [-0.25, -0.2) is 0 Å². The maximum atomic E-state index is 11.2. The molecule has 3 nitrogen and oxygen atoms in total. The number of hydrogen-bond donors (Lipinski definition) is 1. The largest absolute Gasteiger partial charge is 0.384 e. The summed E-state index contributed by atoms with van der Waals surface area (Å²) in [7, 11) is 1.64. The Morgan fingerprint density at radius 2 is 2.45 bits per heavy atom. The van der Waals surface area contributed by atoms with Crippen molar-refractivity contribution in [3.8, 4) is 0 Å². The molecule has 1 aliphatic heterocycles. The Kier molecular flexibility index (Phi) is 3.36. The zero-order valence-corrected chi connectivity index (χ0v) is 6.93. The van der Waals surface area contributed by atoms with E-state index in [1.54, 1.807) is 7.11 Å². The molecule has 1 rings (SSSR count). The van der Waals surface area contributed by atoms with E-state index in [4.69, 9.17) is 4.74 Å². The molecule has 1 aliphatic rings. The summed E-state index contributed by atoms with van der Waals surface area (Å²) in [6, 6.07) is 0. The van der Waals surface area contributed by atoms with Gasteiger partial charge in [-0.1, -0.05) is 6.42 Å². The minimum absolute atomic E-state index is 0.0856. The topological polar surface area (TPSA) is 38.3 Å². The van der Waals surface area contributed by atoms with E-state index in [1.807, 2.05) is 0 Å². The zero-order chi connectivity index (χ0) is 8.10. The first-order valence-corrected chi connectivity index (χ1v) is 4.11. The summed E-state index contributed by atoms with van der Waals surface area (Å²) in [5.74, 6) is 0.242. The van der Waals surface area contributed by atoms with E-state index in [1.165, 1.54) is 0 Å². The van der Waals surface area contributed by atoms with Crippen LogP contribution in [0.2, 0.25) is 0 Å². The Morgan fingerprint density at radius 1 is 1.64 bits per heavy atom. The van der Waals surface area contributed by atoms with Gasteiger partial charge in [0.2, 0.25) is 5.91 Å². The molecule has 1 amide bonds. The van der Waals surface area contributed by atoms with E-state index in [2.05, 4.69) is 5.32 Å². The average molecular weight is 157 g/mol. The van der Waals surface area contributed by atoms with Crippen molar-refractivity contribution < 1.29 is 9.53 Å². The second-order valence-corrected chi connectivity index (χ2v) is 2.94. The normalized spacial score (nSPS) is 25.9. The van der Waals surface area contributed by atoms with Crippen LogP contribution in [0.3, 0.4) is 0 Å². The Hall–Kier alpha value is -0.570. The fourth-order valence-corrected chi connectivity index (χ4v) is 1.36. The molecular formula is C8H15NO2. The van der Waals surface area contributed by atoms with Crippen molar-refractivity contribution in [1.29, 1.82) is 0 Å². The lowest BCUT2D eigenvalue weighted by Gasteiger charge is -2.10. The van der Waals surface area contributed by atoms with E-state index in [-0.39, 0.29) is 11.8 Å². The lowest BCUT2D eigenvalue weighted by Crippen LogP contribution is -2.31. The van der Waals surface area contributed by atoms with E-state index in [0.29, 0.717) is 6.61 Å². The number of rotatable bonds is 2. The molecule has 0 saturated carbocycles. The molecule has 1 heterocycles. The molecule has 0 aromatic rings. The number of carbonyl (C=O) groups excluding carboxylic acids is 1. The first kappa shape index (κ1) is 8.53. The van der Waals surface area contributed by atoms with E-state index < -0.39 is 0 Å². The summed E-state index contributed by atoms with van der Waals surface area (Å²) < 4.78 is 4.95. The molecule has 1 atom stereocenters. The number of amides is 1. The van der Waals surface area contributed by atoms with E-state index >= 15 is 0 Å². The van der Waals surface area contributed by atoms with Crippen molar-refractivity contribution >= 4 is 5.91 Å². The fraction of sp³-hybridized carbons (Fsp3) is 0.875. The minimum Gasteiger partial charge on any atom is -0.384 e. The Morgan fingerprint density at radius 3 is 3.18 bits per heavy atom. The van der Waals surface area contributed by atoms with Gasteiger partial charge in [0.25, 0.3) is 0 Å². The van der Waals surface area contributed by atoms with Gasteiger partial charge in [-0.15, -0.1) is 0 Å². The third-order valence-corrected chi connectivity index (χ3v) is 2.02. The minimum atomic E-state index is 0.0856. The van der Waals surface area contributed by atoms with E-state index in [0.717, 1.165) is 25.8 Å². The van der Waals surface area contributed by atoms with Crippen molar-refractivity contribution in [1.82, 2.24) is 5.32 Å². The monoisotopic (exact) mass is 157 g/mol. The van der Waals surface area contributed by atoms with Gasteiger partial charge in [-0.2, -0.15) is 0 Å². The Labute approximate surface area is 67.1 Å². The molecule has 0 aliphatic carbocycles. The quantitative estimate of drug-likeness (QED) is 0.635. The van der Waals surface area contributed by atoms with Gasteiger partial charge in [0.1, 0.15) is 0 Å². The number of ether oxygens (including phenoxy) is 1. The Balaban J connectivity index is 2.39. The highest BCUT2D eigenvalue weighted by atomic mass is 16.5. The highest BCUT2D eigenvalue weighted by molar-refractivity contribution is 5.78. The van der Waals surface area contributed by atoms with Gasteiger partial charge >= 0.3 is 0 Å². The summed E-state index contributed by atoms with van der Waals surface area (Å²) in [6.45, 7) is 1.39. The average Bonchev–Trinajstić information content (AvgIpc) is 2.18. The van der Waals surface area contributed by atoms with Crippen molar-refractivity contribution in [3.05, 3.63) is 0 Å². The molecule has 0 radical (unpaired) electrons. The summed E-state index contributed by atoms with van der Waals surface area (Å²) in [5.41, 5.74) is 0. The first-order valence-electron chi connectivity index (χ1n) is 4.11. The van der Waals surface area contributed by atoms with Crippen LogP contribution in [0.4, 0.5) is 0 Å². The van der Waals surface area contributed by atoms with Gasteiger partial charge in [-0.05, 0) is 12.8 Å². The lowest BCUT2D eigenvalue weighted by molar-refractivity contribution is -0.126. The SMILES string of the molecule is COCC1CCCCNC1=O. The molecular weight excluding hydrogens is 142 g/mol. The third kappa shape index (κ3) is 2.50. The van der Waals surface area contributed by atoms with Crippen molar-refractivity contribution in [2.75, 3.05) is 20.3 Å². The summed E-state index contributed by atoms with van der Waals surface area (Å²) >= 11 is 0. The predicted molar refractivity (Wildman–Crippen MR) is 42.2 cm³/mol. The van der Waals surface area contributed by atoms with Crippen LogP contribution in [-0.4, -0.2) is 26.2 Å². The van der Waals surface area contributed by atoms with Crippen LogP contribution in [0, 0.1) is 5.92 Å². The fourth-order valence-electron chi connectivity index (χ4n) is 1.36. The van der Waals surface area contributed by atoms with Crippen LogP contribution in [-0.2, 0) is 9.53 Å². The molecule has 11 heavy (non-hydrogen) atoms. The highest BCUT2D eigenvalue weighted by Gasteiger charge is 2.19. The van der Waals surface area contributed by atoms with Crippen LogP contribution in [0.25, 0.3) is 0 Å². The zero-order valence-electron chi connectivity index (χ0n) is 6.93. The molecule has 1 N–H and O–H groups in total. The van der Waals surface area contributed by atoms with Crippen molar-refractivity contribution in [2.45, 2.75) is 19.3 Å². The number of methoxy groups -OCH3 is 1. The maximum absolute atomic E-state index is 11.2. The number of nitrogens with one attached hydrogen (secondary N) is 1. The molecule has 0 aromatic carbocycles. The van der Waals surface area contributed by atoms with Crippen LogP contribution in [0.5, 0.6) is 0 Å². The Bertz CT molecular complexity index is 136. The van der Waals surface area contributed by atoms with Gasteiger partial charge in [-0.3, -0.25) is 4.79 Å². The second kappa shape index (κ2) is 4.34. The van der Waals surface area contributed by atoms with Crippen LogP contribution >= 0.6 is 0 Å². The van der Waals surface area contributed by atoms with Crippen LogP contribution in [0.15, 0.2) is 0 Å². The molecule has 3 heteroatoms. The van der Waals surface area contributed by atoms with Gasteiger partial charge in [0.15, 0.2) is 0 Å². The predicted octanol–water partition coefficient (Wildman–Crippen LogP) is 0.549. The first-order chi connectivity index (χ1) is 5.34. The van der Waals surface area contributed by atoms with Gasteiger partial charge in [0.05, 0.1) is 12.5 Å². The summed E-state index contributed by atoms with van der Waals surface area (Å²) in [4.78, 5) is 11.2. The summed E-state index contributed by atoms with van der Waals surface area (Å²) in [5, 5.41) is 2.86. The van der Waals surface area contributed by atoms with E-state index in [9.17, 15) is 4.79 Å². The standard InChI is InChI=1S/C8H15NO2/c1-11-6-7-4-2-3-5-9-8(7)10/h7H,2-6H2,1H3,(H,9,10). The lowest BCUT2D eigenvalue weighted by atomic mass is 10.0. The molecule has 1 saturated heterocycles. The maximum Gasteiger partial charge on any atom is 0.225 e. The van der Waals surface area contributed by atoms with Crippen LogP contribution in [0.1, 0.15) is 19.3 Å². The van der Waals surface area contributed by atoms with Crippen LogP contribution < -0.4 is 5.32 Å². The molecule has 0 aromatic heterocycles. The molecule has 0 bridgehead atoms. The van der Waals surface area contributed by atoms with Crippen molar-refractivity contribution in [3.63, 3.8) is 0 Å². The van der Waals surface area contributed by atoms with Gasteiger partial charge < -0.3 is 10.1 Å². The van der Waals surface area contributed by atoms with Gasteiger partial charge in [0, 0.05) is 13.7 Å². The molecule has 0 spiro atoms.